The minimum Gasteiger partial charge on any atom is -0.338 e. The molecule has 0 radical (unpaired) electrons. The lowest BCUT2D eigenvalue weighted by molar-refractivity contribution is 0.339. The summed E-state index contributed by atoms with van der Waals surface area (Å²) in [7, 11) is 0. The average molecular weight is 266 g/mol. The third-order valence-electron chi connectivity index (χ3n) is 2.62. The molecule has 0 aliphatic rings. The molecule has 1 aromatic carbocycles. The molecule has 2 rings (SSSR count). The maximum Gasteiger partial charge on any atom is 0.243 e. The Bertz CT molecular complexity index is 512. The van der Waals surface area contributed by atoms with Crippen molar-refractivity contribution in [1.82, 2.24) is 15.5 Å². The van der Waals surface area contributed by atoms with Crippen molar-refractivity contribution in [3.8, 4) is 0 Å². The number of benzene rings is 1. The summed E-state index contributed by atoms with van der Waals surface area (Å²) < 4.78 is 5.22. The zero-order valence-electron chi connectivity index (χ0n) is 10.5. The van der Waals surface area contributed by atoms with E-state index >= 15 is 0 Å². The summed E-state index contributed by atoms with van der Waals surface area (Å²) in [4.78, 5) is 4.37. The van der Waals surface area contributed by atoms with Crippen LogP contribution in [0.25, 0.3) is 0 Å². The lowest BCUT2D eigenvalue weighted by Crippen LogP contribution is -2.17. The zero-order chi connectivity index (χ0) is 13.0. The molecule has 0 aliphatic carbocycles. The summed E-state index contributed by atoms with van der Waals surface area (Å²) in [6.45, 7) is 4.91. The van der Waals surface area contributed by atoms with Gasteiger partial charge in [0.1, 0.15) is 0 Å². The molecule has 0 aliphatic heterocycles. The van der Waals surface area contributed by atoms with E-state index in [1.165, 1.54) is 0 Å². The molecule has 0 saturated carbocycles. The van der Waals surface area contributed by atoms with Crippen molar-refractivity contribution >= 4 is 11.6 Å². The monoisotopic (exact) mass is 265 g/mol. The standard InChI is InChI=1S/C13H16ClN3O/c1-3-15-9(2)13-16-12(17-18-13)8-10-5-4-6-11(14)7-10/h4-7,9,15H,3,8H2,1-2H3. The second-order valence-corrected chi connectivity index (χ2v) is 4.57. The van der Waals surface area contributed by atoms with Gasteiger partial charge in [-0.3, -0.25) is 0 Å². The maximum absolute atomic E-state index is 5.93. The highest BCUT2D eigenvalue weighted by Crippen LogP contribution is 2.15. The van der Waals surface area contributed by atoms with E-state index in [1.807, 2.05) is 38.1 Å². The predicted octanol–water partition coefficient (Wildman–Crippen LogP) is 2.98. The third kappa shape index (κ3) is 3.31. The van der Waals surface area contributed by atoms with Crippen LogP contribution in [0.5, 0.6) is 0 Å². The van der Waals surface area contributed by atoms with Crippen LogP contribution < -0.4 is 5.32 Å². The summed E-state index contributed by atoms with van der Waals surface area (Å²) >= 11 is 5.93. The van der Waals surface area contributed by atoms with Gasteiger partial charge in [-0.25, -0.2) is 0 Å². The molecule has 5 heteroatoms. The molecule has 1 aromatic heterocycles. The van der Waals surface area contributed by atoms with Crippen LogP contribution in [-0.4, -0.2) is 16.7 Å². The Morgan fingerprint density at radius 1 is 1.44 bits per heavy atom. The summed E-state index contributed by atoms with van der Waals surface area (Å²) in [5.74, 6) is 1.30. The van der Waals surface area contributed by atoms with Crippen LogP contribution in [-0.2, 0) is 6.42 Å². The SMILES string of the molecule is CCNC(C)c1nc(Cc2cccc(Cl)c2)no1. The first-order chi connectivity index (χ1) is 8.69. The lowest BCUT2D eigenvalue weighted by Gasteiger charge is -2.05. The number of nitrogens with one attached hydrogen (secondary N) is 1. The number of hydrogen-bond acceptors (Lipinski definition) is 4. The van der Waals surface area contributed by atoms with Crippen molar-refractivity contribution < 1.29 is 4.52 Å². The van der Waals surface area contributed by atoms with Crippen LogP contribution in [0.4, 0.5) is 0 Å². The molecule has 2 aromatic rings. The number of hydrogen-bond donors (Lipinski definition) is 1. The zero-order valence-corrected chi connectivity index (χ0v) is 11.2. The largest absolute Gasteiger partial charge is 0.338 e. The van der Waals surface area contributed by atoms with Crippen molar-refractivity contribution in [2.45, 2.75) is 26.3 Å². The molecule has 1 atom stereocenters. The van der Waals surface area contributed by atoms with E-state index in [2.05, 4.69) is 15.5 Å². The van der Waals surface area contributed by atoms with Crippen molar-refractivity contribution in [3.05, 3.63) is 46.6 Å². The van der Waals surface area contributed by atoms with Gasteiger partial charge in [-0.05, 0) is 31.2 Å². The normalized spacial score (nSPS) is 12.6. The molecule has 0 fully saturated rings. The topological polar surface area (TPSA) is 51.0 Å². The first-order valence-corrected chi connectivity index (χ1v) is 6.37. The van der Waals surface area contributed by atoms with Gasteiger partial charge in [0.05, 0.1) is 6.04 Å². The third-order valence-corrected chi connectivity index (χ3v) is 2.85. The quantitative estimate of drug-likeness (QED) is 0.903. The van der Waals surface area contributed by atoms with E-state index < -0.39 is 0 Å². The lowest BCUT2D eigenvalue weighted by atomic mass is 10.1. The summed E-state index contributed by atoms with van der Waals surface area (Å²) in [5.41, 5.74) is 1.07. The Balaban J connectivity index is 2.06. The molecule has 1 heterocycles. The molecule has 0 amide bonds. The number of rotatable bonds is 5. The van der Waals surface area contributed by atoms with E-state index in [4.69, 9.17) is 16.1 Å². The molecule has 0 bridgehead atoms. The van der Waals surface area contributed by atoms with Crippen molar-refractivity contribution in [2.75, 3.05) is 6.54 Å². The average Bonchev–Trinajstić information content (AvgIpc) is 2.78. The van der Waals surface area contributed by atoms with Gasteiger partial charge >= 0.3 is 0 Å². The molecule has 4 nitrogen and oxygen atoms in total. The molecule has 1 unspecified atom stereocenters. The summed E-state index contributed by atoms with van der Waals surface area (Å²) in [5, 5.41) is 7.93. The predicted molar refractivity (Wildman–Crippen MR) is 70.6 cm³/mol. The van der Waals surface area contributed by atoms with Crippen LogP contribution in [0, 0.1) is 0 Å². The number of halogens is 1. The first kappa shape index (κ1) is 13.1. The van der Waals surface area contributed by atoms with Gasteiger partial charge in [0.25, 0.3) is 0 Å². The highest BCUT2D eigenvalue weighted by atomic mass is 35.5. The molecule has 96 valence electrons. The molecule has 0 saturated heterocycles. The highest BCUT2D eigenvalue weighted by molar-refractivity contribution is 6.30. The molecule has 18 heavy (non-hydrogen) atoms. The van der Waals surface area contributed by atoms with Gasteiger partial charge in [0, 0.05) is 11.4 Å². The van der Waals surface area contributed by atoms with Crippen LogP contribution >= 0.6 is 11.6 Å². The smallest absolute Gasteiger partial charge is 0.243 e. The van der Waals surface area contributed by atoms with Crippen LogP contribution in [0.2, 0.25) is 5.02 Å². The number of aromatic nitrogens is 2. The second-order valence-electron chi connectivity index (χ2n) is 4.13. The second kappa shape index (κ2) is 5.98. The van der Waals surface area contributed by atoms with Gasteiger partial charge in [-0.2, -0.15) is 4.98 Å². The van der Waals surface area contributed by atoms with Crippen LogP contribution in [0.15, 0.2) is 28.8 Å². The summed E-state index contributed by atoms with van der Waals surface area (Å²) in [6, 6.07) is 7.75. The van der Waals surface area contributed by atoms with E-state index in [9.17, 15) is 0 Å². The highest BCUT2D eigenvalue weighted by Gasteiger charge is 2.13. The number of nitrogens with zero attached hydrogens (tertiary/aromatic N) is 2. The van der Waals surface area contributed by atoms with Crippen molar-refractivity contribution in [3.63, 3.8) is 0 Å². The van der Waals surface area contributed by atoms with Crippen LogP contribution in [0.1, 0.15) is 37.2 Å². The van der Waals surface area contributed by atoms with Crippen LogP contribution in [0.3, 0.4) is 0 Å². The minimum atomic E-state index is 0.0793. The van der Waals surface area contributed by atoms with Gasteiger partial charge in [-0.1, -0.05) is 35.8 Å². The van der Waals surface area contributed by atoms with Crippen molar-refractivity contribution in [2.24, 2.45) is 0 Å². The van der Waals surface area contributed by atoms with Crippen molar-refractivity contribution in [1.29, 1.82) is 0 Å². The van der Waals surface area contributed by atoms with E-state index in [0.717, 1.165) is 17.1 Å². The van der Waals surface area contributed by atoms with E-state index in [0.29, 0.717) is 18.1 Å². The molecule has 1 N–H and O–H groups in total. The van der Waals surface area contributed by atoms with E-state index in [1.54, 1.807) is 0 Å². The maximum atomic E-state index is 5.93. The fourth-order valence-electron chi connectivity index (χ4n) is 1.74. The Labute approximate surface area is 111 Å². The fraction of sp³-hybridized carbons (Fsp3) is 0.385. The molecular formula is C13H16ClN3O. The van der Waals surface area contributed by atoms with Gasteiger partial charge in [0.15, 0.2) is 5.82 Å². The fourth-order valence-corrected chi connectivity index (χ4v) is 1.95. The summed E-state index contributed by atoms with van der Waals surface area (Å²) in [6.07, 6.45) is 0.628. The minimum absolute atomic E-state index is 0.0793. The Morgan fingerprint density at radius 2 is 2.28 bits per heavy atom. The van der Waals surface area contributed by atoms with Gasteiger partial charge < -0.3 is 9.84 Å². The Hall–Kier alpha value is -1.39. The molecular weight excluding hydrogens is 250 g/mol. The Kier molecular flexibility index (Phi) is 4.33. The Morgan fingerprint density at radius 3 is 3.00 bits per heavy atom. The first-order valence-electron chi connectivity index (χ1n) is 5.99. The van der Waals surface area contributed by atoms with E-state index in [-0.39, 0.29) is 6.04 Å². The molecule has 0 spiro atoms. The van der Waals surface area contributed by atoms with Gasteiger partial charge in [0.2, 0.25) is 5.89 Å². The van der Waals surface area contributed by atoms with Gasteiger partial charge in [-0.15, -0.1) is 0 Å².